The number of rotatable bonds is 8. The molecule has 0 unspecified atom stereocenters. The third-order valence-corrected chi connectivity index (χ3v) is 7.42. The van der Waals surface area contributed by atoms with Gasteiger partial charge in [-0.25, -0.2) is 13.4 Å². The highest BCUT2D eigenvalue weighted by Crippen LogP contribution is 2.23. The molecular weight excluding hydrogens is 432 g/mol. The van der Waals surface area contributed by atoms with Gasteiger partial charge in [-0.05, 0) is 42.5 Å². The minimum Gasteiger partial charge on any atom is -0.333 e. The second kappa shape index (κ2) is 9.17. The van der Waals surface area contributed by atoms with Crippen LogP contribution < -0.4 is 5.32 Å². The Balaban J connectivity index is 1.60. The summed E-state index contributed by atoms with van der Waals surface area (Å²) in [6.45, 7) is 4.40. The molecule has 0 atom stereocenters. The molecular formula is C19H21ClN4O3S2. The molecule has 0 aliphatic rings. The lowest BCUT2D eigenvalue weighted by Gasteiger charge is -2.18. The van der Waals surface area contributed by atoms with Crippen molar-refractivity contribution in [3.63, 3.8) is 0 Å². The number of imidazole rings is 1. The first-order valence-electron chi connectivity index (χ1n) is 9.01. The number of hydrogen-bond donors (Lipinski definition) is 2. The standard InChI is InChI=1S/C19H21ClN4O3S2/c1-3-24(4-2)29(26,27)15-8-6-14(7-9-15)21-18(25)12-28-19-22-16-10-5-13(20)11-17(16)23-19/h5-11H,3-4,12H2,1-2H3,(H,21,25)(H,22,23). The number of anilines is 1. The molecule has 154 valence electrons. The van der Waals surface area contributed by atoms with Crippen LogP contribution in [0.15, 0.2) is 52.5 Å². The van der Waals surface area contributed by atoms with Gasteiger partial charge in [0.25, 0.3) is 0 Å². The van der Waals surface area contributed by atoms with Crippen LogP contribution in [0, 0.1) is 0 Å². The quantitative estimate of drug-likeness (QED) is 0.504. The molecule has 0 spiro atoms. The lowest BCUT2D eigenvalue weighted by atomic mass is 10.3. The summed E-state index contributed by atoms with van der Waals surface area (Å²) in [6.07, 6.45) is 0. The number of hydrogen-bond acceptors (Lipinski definition) is 5. The van der Waals surface area contributed by atoms with E-state index in [1.54, 1.807) is 38.1 Å². The molecule has 0 radical (unpaired) electrons. The Labute approximate surface area is 178 Å². The second-order valence-corrected chi connectivity index (χ2v) is 9.49. The molecule has 3 rings (SSSR count). The van der Waals surface area contributed by atoms with Gasteiger partial charge in [-0.1, -0.05) is 37.2 Å². The maximum atomic E-state index is 12.5. The monoisotopic (exact) mass is 452 g/mol. The molecule has 0 aliphatic carbocycles. The highest BCUT2D eigenvalue weighted by Gasteiger charge is 2.21. The van der Waals surface area contributed by atoms with Gasteiger partial charge in [0.2, 0.25) is 15.9 Å². The lowest BCUT2D eigenvalue weighted by Crippen LogP contribution is -2.30. The fourth-order valence-electron chi connectivity index (χ4n) is 2.78. The highest BCUT2D eigenvalue weighted by molar-refractivity contribution is 7.99. The van der Waals surface area contributed by atoms with Crippen molar-refractivity contribution in [2.45, 2.75) is 23.9 Å². The summed E-state index contributed by atoms with van der Waals surface area (Å²) in [4.78, 5) is 19.9. The van der Waals surface area contributed by atoms with Crippen molar-refractivity contribution < 1.29 is 13.2 Å². The summed E-state index contributed by atoms with van der Waals surface area (Å²) < 4.78 is 26.4. The van der Waals surface area contributed by atoms with Gasteiger partial charge in [0.05, 0.1) is 21.7 Å². The first-order valence-corrected chi connectivity index (χ1v) is 11.8. The maximum Gasteiger partial charge on any atom is 0.243 e. The third-order valence-electron chi connectivity index (χ3n) is 4.24. The molecule has 2 N–H and O–H groups in total. The van der Waals surface area contributed by atoms with Gasteiger partial charge in [-0.15, -0.1) is 0 Å². The number of nitrogens with one attached hydrogen (secondary N) is 2. The van der Waals surface area contributed by atoms with Crippen LogP contribution >= 0.6 is 23.4 Å². The first kappa shape index (κ1) is 21.6. The Hall–Kier alpha value is -2.07. The number of nitrogens with zero attached hydrogens (tertiary/aromatic N) is 2. The molecule has 0 saturated carbocycles. The summed E-state index contributed by atoms with van der Waals surface area (Å²) in [5.41, 5.74) is 2.12. The summed E-state index contributed by atoms with van der Waals surface area (Å²) >= 11 is 7.23. The van der Waals surface area contributed by atoms with Gasteiger partial charge in [0.1, 0.15) is 0 Å². The van der Waals surface area contributed by atoms with Crippen molar-refractivity contribution in [2.24, 2.45) is 0 Å². The van der Waals surface area contributed by atoms with E-state index in [2.05, 4.69) is 15.3 Å². The number of sulfonamides is 1. The second-order valence-electron chi connectivity index (χ2n) is 6.15. The van der Waals surface area contributed by atoms with Crippen LogP contribution in [0.5, 0.6) is 0 Å². The minimum atomic E-state index is -3.51. The van der Waals surface area contributed by atoms with Gasteiger partial charge >= 0.3 is 0 Å². The van der Waals surface area contributed by atoms with Crippen molar-refractivity contribution >= 4 is 56.0 Å². The van der Waals surface area contributed by atoms with Crippen LogP contribution in [-0.4, -0.2) is 47.4 Å². The van der Waals surface area contributed by atoms with E-state index < -0.39 is 10.0 Å². The van der Waals surface area contributed by atoms with Crippen molar-refractivity contribution in [1.29, 1.82) is 0 Å². The third kappa shape index (κ3) is 5.11. The van der Waals surface area contributed by atoms with Crippen LogP contribution in [0.4, 0.5) is 5.69 Å². The van der Waals surface area contributed by atoms with Crippen molar-refractivity contribution in [3.05, 3.63) is 47.5 Å². The van der Waals surface area contributed by atoms with E-state index >= 15 is 0 Å². The molecule has 0 saturated heterocycles. The van der Waals surface area contributed by atoms with Crippen molar-refractivity contribution in [1.82, 2.24) is 14.3 Å². The van der Waals surface area contributed by atoms with E-state index in [9.17, 15) is 13.2 Å². The number of aromatic amines is 1. The number of carbonyl (C=O) groups excluding carboxylic acids is 1. The highest BCUT2D eigenvalue weighted by atomic mass is 35.5. The Bertz CT molecular complexity index is 1110. The van der Waals surface area contributed by atoms with Gasteiger partial charge in [-0.2, -0.15) is 4.31 Å². The van der Waals surface area contributed by atoms with Gasteiger partial charge < -0.3 is 10.3 Å². The maximum absolute atomic E-state index is 12.5. The molecule has 0 aliphatic heterocycles. The summed E-state index contributed by atoms with van der Waals surface area (Å²) in [6, 6.07) is 11.5. The Kier molecular flexibility index (Phi) is 6.84. The zero-order chi connectivity index (χ0) is 21.0. The molecule has 10 heteroatoms. The fraction of sp³-hybridized carbons (Fsp3) is 0.263. The molecule has 1 heterocycles. The average molecular weight is 453 g/mol. The average Bonchev–Trinajstić information content (AvgIpc) is 3.09. The Morgan fingerprint density at radius 1 is 1.17 bits per heavy atom. The van der Waals surface area contributed by atoms with Crippen LogP contribution in [0.2, 0.25) is 5.02 Å². The van der Waals surface area contributed by atoms with Crippen LogP contribution in [0.25, 0.3) is 11.0 Å². The van der Waals surface area contributed by atoms with E-state index in [1.807, 2.05) is 6.07 Å². The Morgan fingerprint density at radius 3 is 2.52 bits per heavy atom. The zero-order valence-electron chi connectivity index (χ0n) is 16.0. The van der Waals surface area contributed by atoms with Gasteiger partial charge in [0, 0.05) is 23.8 Å². The van der Waals surface area contributed by atoms with Crippen molar-refractivity contribution in [3.8, 4) is 0 Å². The molecule has 1 aromatic heterocycles. The van der Waals surface area contributed by atoms with Crippen molar-refractivity contribution in [2.75, 3.05) is 24.2 Å². The zero-order valence-corrected chi connectivity index (χ0v) is 18.4. The summed E-state index contributed by atoms with van der Waals surface area (Å²) in [5.74, 6) is -0.0552. The summed E-state index contributed by atoms with van der Waals surface area (Å²) in [5, 5.41) is 4.00. The predicted molar refractivity (Wildman–Crippen MR) is 117 cm³/mol. The van der Waals surface area contributed by atoms with E-state index in [-0.39, 0.29) is 16.6 Å². The normalized spacial score (nSPS) is 11.9. The predicted octanol–water partition coefficient (Wildman–Crippen LogP) is 3.98. The molecule has 29 heavy (non-hydrogen) atoms. The topological polar surface area (TPSA) is 95.2 Å². The number of fused-ring (bicyclic) bond motifs is 1. The molecule has 2 aromatic carbocycles. The number of halogens is 1. The number of carbonyl (C=O) groups is 1. The minimum absolute atomic E-state index is 0.160. The summed E-state index contributed by atoms with van der Waals surface area (Å²) in [7, 11) is -3.51. The molecule has 7 nitrogen and oxygen atoms in total. The van der Waals surface area contributed by atoms with E-state index in [0.717, 1.165) is 11.0 Å². The molecule has 1 amide bonds. The Morgan fingerprint density at radius 2 is 1.86 bits per heavy atom. The van der Waals surface area contributed by atoms with E-state index in [1.165, 1.54) is 28.2 Å². The van der Waals surface area contributed by atoms with E-state index in [4.69, 9.17) is 11.6 Å². The smallest absolute Gasteiger partial charge is 0.243 e. The number of benzene rings is 2. The number of aromatic nitrogens is 2. The molecule has 3 aromatic rings. The lowest BCUT2D eigenvalue weighted by molar-refractivity contribution is -0.113. The van der Waals surface area contributed by atoms with Crippen LogP contribution in [0.1, 0.15) is 13.8 Å². The van der Waals surface area contributed by atoms with E-state index in [0.29, 0.717) is 29.0 Å². The number of thioether (sulfide) groups is 1. The first-order chi connectivity index (χ1) is 13.8. The van der Waals surface area contributed by atoms with Gasteiger partial charge in [-0.3, -0.25) is 4.79 Å². The number of amides is 1. The van der Waals surface area contributed by atoms with Crippen LogP contribution in [-0.2, 0) is 14.8 Å². The van der Waals surface area contributed by atoms with Gasteiger partial charge in [0.15, 0.2) is 5.16 Å². The molecule has 0 bridgehead atoms. The largest absolute Gasteiger partial charge is 0.333 e. The van der Waals surface area contributed by atoms with Crippen LogP contribution in [0.3, 0.4) is 0 Å². The molecule has 0 fully saturated rings. The number of H-pyrrole nitrogens is 1. The SMILES string of the molecule is CCN(CC)S(=O)(=O)c1ccc(NC(=O)CSc2nc3ccc(Cl)cc3[nH]2)cc1. The fourth-order valence-corrected chi connectivity index (χ4v) is 5.10.